The highest BCUT2D eigenvalue weighted by atomic mass is 32.2. The number of anilines is 1. The van der Waals surface area contributed by atoms with E-state index in [-0.39, 0.29) is 35.3 Å². The number of pyridine rings is 3. The zero-order valence-electron chi connectivity index (χ0n) is 24.3. The quantitative estimate of drug-likeness (QED) is 0.129. The highest BCUT2D eigenvalue weighted by molar-refractivity contribution is 7.98. The number of carboxylic acid groups (broad SMARTS) is 1. The molecule has 0 aliphatic heterocycles. The number of ether oxygens (including phenoxy) is 2. The van der Waals surface area contributed by atoms with Crippen molar-refractivity contribution in [3.05, 3.63) is 120 Å². The van der Waals surface area contributed by atoms with Gasteiger partial charge in [-0.3, -0.25) is 4.79 Å². The van der Waals surface area contributed by atoms with Gasteiger partial charge in [-0.2, -0.15) is 0 Å². The molecule has 3 aromatic heterocycles. The minimum absolute atomic E-state index is 0.0337. The van der Waals surface area contributed by atoms with Crippen molar-refractivity contribution in [2.45, 2.75) is 16.4 Å². The summed E-state index contributed by atoms with van der Waals surface area (Å²) in [6, 6.07) is 19.5. The van der Waals surface area contributed by atoms with Crippen molar-refractivity contribution >= 4 is 41.2 Å². The number of carbonyl (C=O) groups excluding carboxylic acids is 1. The number of aromatic nitrogens is 3. The number of aliphatic hydroxyl groups excluding tert-OH is 1. The van der Waals surface area contributed by atoms with E-state index in [2.05, 4.69) is 20.3 Å². The van der Waals surface area contributed by atoms with Crippen LogP contribution in [0, 0.1) is 11.6 Å². The number of benzene rings is 2. The summed E-state index contributed by atoms with van der Waals surface area (Å²) in [5, 5.41) is 20.9. The van der Waals surface area contributed by atoms with E-state index in [1.807, 2.05) is 30.7 Å². The average molecular weight is 665 g/mol. The van der Waals surface area contributed by atoms with Crippen LogP contribution in [0.15, 0.2) is 101 Å². The van der Waals surface area contributed by atoms with Crippen LogP contribution < -0.4 is 14.8 Å². The lowest BCUT2D eigenvalue weighted by atomic mass is 10.2. The number of amides is 1. The van der Waals surface area contributed by atoms with Gasteiger partial charge in [0.15, 0.2) is 0 Å². The second-order valence-electron chi connectivity index (χ2n) is 9.00. The van der Waals surface area contributed by atoms with Crippen molar-refractivity contribution in [2.75, 3.05) is 17.8 Å². The third-order valence-electron chi connectivity index (χ3n) is 5.92. The Kier molecular flexibility index (Phi) is 12.0. The molecule has 2 aromatic carbocycles. The van der Waals surface area contributed by atoms with Crippen LogP contribution in [0.1, 0.15) is 26.3 Å². The number of carbonyl (C=O) groups is 2. The molecule has 0 unspecified atom stereocenters. The summed E-state index contributed by atoms with van der Waals surface area (Å²) in [4.78, 5) is 37.2. The number of halogens is 2. The van der Waals surface area contributed by atoms with Crippen LogP contribution in [0.5, 0.6) is 23.3 Å². The Balaban J connectivity index is 0.000000222. The van der Waals surface area contributed by atoms with E-state index in [4.69, 9.17) is 14.6 Å². The van der Waals surface area contributed by atoms with Gasteiger partial charge in [0.1, 0.15) is 40.1 Å². The van der Waals surface area contributed by atoms with E-state index >= 15 is 0 Å². The van der Waals surface area contributed by atoms with Crippen molar-refractivity contribution < 1.29 is 38.1 Å². The molecule has 0 radical (unpaired) electrons. The predicted molar refractivity (Wildman–Crippen MR) is 170 cm³/mol. The molecule has 0 bridgehead atoms. The summed E-state index contributed by atoms with van der Waals surface area (Å²) >= 11 is 3.07. The van der Waals surface area contributed by atoms with Crippen LogP contribution >= 0.6 is 23.5 Å². The number of thioether (sulfide) groups is 2. The number of aliphatic hydroxyl groups is 1. The zero-order valence-corrected chi connectivity index (χ0v) is 25.9. The van der Waals surface area contributed by atoms with Crippen LogP contribution in [0.4, 0.5) is 14.6 Å². The van der Waals surface area contributed by atoms with Crippen LogP contribution in [-0.2, 0) is 6.61 Å². The highest BCUT2D eigenvalue weighted by Gasteiger charge is 2.19. The largest absolute Gasteiger partial charge is 0.477 e. The lowest BCUT2D eigenvalue weighted by Gasteiger charge is -2.12. The summed E-state index contributed by atoms with van der Waals surface area (Å²) < 4.78 is 37.8. The standard InChI is InChI=1S/C19H16FN3O3S.C13H10FNO3S/c1-27-15-6-2-5-14(9-15)26-19-16(8-13(20)10-22-19)18(25)23-17-12(11-24)4-3-7-21-17;1-19-10-4-2-3-9(6-10)18-12-11(13(16)17)5-8(14)7-15-12/h2-10,24H,11H2,1H3,(H,21,23,25);2-7H,1H3,(H,16,17). The fourth-order valence-corrected chi connectivity index (χ4v) is 4.64. The minimum atomic E-state index is -1.29. The summed E-state index contributed by atoms with van der Waals surface area (Å²) in [6.07, 6.45) is 7.21. The van der Waals surface area contributed by atoms with Gasteiger partial charge in [0.05, 0.1) is 19.0 Å². The Morgan fingerprint density at radius 1 is 0.783 bits per heavy atom. The first kappa shape index (κ1) is 33.8. The maximum absolute atomic E-state index is 13.7. The molecule has 0 saturated carbocycles. The summed E-state index contributed by atoms with van der Waals surface area (Å²) in [6.45, 7) is -0.296. The van der Waals surface area contributed by atoms with Crippen molar-refractivity contribution in [2.24, 2.45) is 0 Å². The first-order valence-electron chi connectivity index (χ1n) is 13.2. The van der Waals surface area contributed by atoms with Gasteiger partial charge in [0.2, 0.25) is 11.8 Å². The molecule has 3 N–H and O–H groups in total. The SMILES string of the molecule is CSc1cccc(Oc2ncc(F)cc2C(=O)Nc2ncccc2CO)c1.CSc1cccc(Oc2ncc(F)cc2C(=O)O)c1. The smallest absolute Gasteiger partial charge is 0.341 e. The summed E-state index contributed by atoms with van der Waals surface area (Å²) in [5.41, 5.74) is 0.0407. The second-order valence-corrected chi connectivity index (χ2v) is 10.8. The molecule has 5 rings (SSSR count). The van der Waals surface area contributed by atoms with Gasteiger partial charge in [0.25, 0.3) is 5.91 Å². The summed E-state index contributed by atoms with van der Waals surface area (Å²) in [5.74, 6) is -2.38. The fourth-order valence-electron chi connectivity index (χ4n) is 3.74. The molecule has 0 aliphatic carbocycles. The van der Waals surface area contributed by atoms with Gasteiger partial charge in [0, 0.05) is 21.6 Å². The lowest BCUT2D eigenvalue weighted by molar-refractivity contribution is 0.0692. The van der Waals surface area contributed by atoms with Crippen molar-refractivity contribution in [3.8, 4) is 23.3 Å². The summed E-state index contributed by atoms with van der Waals surface area (Å²) in [7, 11) is 0. The van der Waals surface area contributed by atoms with Gasteiger partial charge in [-0.05, 0) is 67.1 Å². The number of rotatable bonds is 10. The highest BCUT2D eigenvalue weighted by Crippen LogP contribution is 2.29. The number of carboxylic acids is 1. The monoisotopic (exact) mass is 664 g/mol. The molecule has 1 amide bonds. The molecule has 14 heteroatoms. The molecule has 0 fully saturated rings. The van der Waals surface area contributed by atoms with E-state index in [1.54, 1.807) is 54.2 Å². The minimum Gasteiger partial charge on any atom is -0.477 e. The fraction of sp³-hybridized carbons (Fsp3) is 0.0938. The van der Waals surface area contributed by atoms with E-state index in [1.165, 1.54) is 18.0 Å². The molecular formula is C32H26F2N4O6S2. The maximum atomic E-state index is 13.7. The van der Waals surface area contributed by atoms with Gasteiger partial charge in [-0.1, -0.05) is 18.2 Å². The average Bonchev–Trinajstić information content (AvgIpc) is 3.07. The molecular weight excluding hydrogens is 639 g/mol. The van der Waals surface area contributed by atoms with Crippen LogP contribution in [0.25, 0.3) is 0 Å². The first-order chi connectivity index (χ1) is 22.2. The van der Waals surface area contributed by atoms with E-state index in [0.717, 1.165) is 34.3 Å². The lowest BCUT2D eigenvalue weighted by Crippen LogP contribution is -2.16. The zero-order chi connectivity index (χ0) is 33.1. The number of hydrogen-bond donors (Lipinski definition) is 3. The molecule has 0 spiro atoms. The van der Waals surface area contributed by atoms with Gasteiger partial charge in [-0.15, -0.1) is 23.5 Å². The van der Waals surface area contributed by atoms with Gasteiger partial charge < -0.3 is 25.0 Å². The molecule has 0 atom stereocenters. The van der Waals surface area contributed by atoms with Gasteiger partial charge >= 0.3 is 5.97 Å². The van der Waals surface area contributed by atoms with Crippen molar-refractivity contribution in [3.63, 3.8) is 0 Å². The Labute approximate surface area is 270 Å². The predicted octanol–water partition coefficient (Wildman–Crippen LogP) is 7.31. The van der Waals surface area contributed by atoms with Crippen LogP contribution in [0.2, 0.25) is 0 Å². The second kappa shape index (κ2) is 16.3. The van der Waals surface area contributed by atoms with E-state index < -0.39 is 23.5 Å². The van der Waals surface area contributed by atoms with E-state index in [0.29, 0.717) is 17.1 Å². The Hall–Kier alpha value is -5.05. The topological polar surface area (TPSA) is 144 Å². The molecule has 0 aliphatic rings. The van der Waals surface area contributed by atoms with Crippen molar-refractivity contribution in [1.29, 1.82) is 0 Å². The number of nitrogens with one attached hydrogen (secondary N) is 1. The molecule has 3 heterocycles. The normalized spacial score (nSPS) is 10.4. The Morgan fingerprint density at radius 2 is 1.33 bits per heavy atom. The molecule has 10 nitrogen and oxygen atoms in total. The molecule has 236 valence electrons. The van der Waals surface area contributed by atoms with E-state index in [9.17, 15) is 23.5 Å². The Morgan fingerprint density at radius 3 is 1.85 bits per heavy atom. The third-order valence-corrected chi connectivity index (χ3v) is 7.37. The first-order valence-corrected chi connectivity index (χ1v) is 15.7. The number of aromatic carboxylic acids is 1. The molecule has 46 heavy (non-hydrogen) atoms. The van der Waals surface area contributed by atoms with Crippen LogP contribution in [0.3, 0.4) is 0 Å². The Bertz CT molecular complexity index is 1850. The van der Waals surface area contributed by atoms with Crippen molar-refractivity contribution in [1.82, 2.24) is 15.0 Å². The number of hydrogen-bond acceptors (Lipinski definition) is 10. The molecule has 0 saturated heterocycles. The van der Waals surface area contributed by atoms with Crippen LogP contribution in [-0.4, -0.2) is 49.6 Å². The maximum Gasteiger partial charge on any atom is 0.341 e. The van der Waals surface area contributed by atoms with Gasteiger partial charge in [-0.25, -0.2) is 28.5 Å². The molecule has 5 aromatic rings. The third kappa shape index (κ3) is 9.23. The number of nitrogens with zero attached hydrogens (tertiary/aromatic N) is 3.